The van der Waals surface area contributed by atoms with Crippen LogP contribution in [0, 0.1) is 11.8 Å². The Kier molecular flexibility index (Phi) is 4.39. The first-order valence-corrected chi connectivity index (χ1v) is 5.66. The summed E-state index contributed by atoms with van der Waals surface area (Å²) in [5.41, 5.74) is 5.62. The molecule has 0 aromatic heterocycles. The molecule has 3 atom stereocenters. The maximum absolute atomic E-state index is 11.4. The fourth-order valence-electron chi connectivity index (χ4n) is 2.07. The van der Waals surface area contributed by atoms with Crippen LogP contribution >= 0.6 is 0 Å². The van der Waals surface area contributed by atoms with Gasteiger partial charge < -0.3 is 11.1 Å². The van der Waals surface area contributed by atoms with E-state index in [1.807, 2.05) is 6.92 Å². The molecule has 1 aliphatic carbocycles. The standard InChI is InChI=1S/C11H22N2O/c1-3-10(12)11(14)13-7-9-5-4-8(2)6-9/h8-10H,3-7,12H2,1-2H3,(H,13,14)/t8?,9?,10-/m0/s1. The van der Waals surface area contributed by atoms with Gasteiger partial charge in [-0.1, -0.05) is 20.3 Å². The third-order valence-corrected chi connectivity index (χ3v) is 3.14. The van der Waals surface area contributed by atoms with Gasteiger partial charge in [-0.3, -0.25) is 4.79 Å². The van der Waals surface area contributed by atoms with E-state index in [1.54, 1.807) is 0 Å². The topological polar surface area (TPSA) is 55.1 Å². The highest BCUT2D eigenvalue weighted by atomic mass is 16.2. The number of amides is 1. The maximum atomic E-state index is 11.4. The van der Waals surface area contributed by atoms with Gasteiger partial charge in [0.2, 0.25) is 5.91 Å². The van der Waals surface area contributed by atoms with Crippen LogP contribution in [0.4, 0.5) is 0 Å². The fraction of sp³-hybridized carbons (Fsp3) is 0.909. The Bertz CT molecular complexity index is 194. The van der Waals surface area contributed by atoms with E-state index >= 15 is 0 Å². The number of hydrogen-bond acceptors (Lipinski definition) is 2. The molecule has 0 aromatic carbocycles. The van der Waals surface area contributed by atoms with Crippen LogP contribution in [0.3, 0.4) is 0 Å². The van der Waals surface area contributed by atoms with Crippen molar-refractivity contribution in [3.05, 3.63) is 0 Å². The van der Waals surface area contributed by atoms with E-state index in [0.717, 1.165) is 12.5 Å². The molecule has 3 nitrogen and oxygen atoms in total. The van der Waals surface area contributed by atoms with Crippen LogP contribution in [0.5, 0.6) is 0 Å². The smallest absolute Gasteiger partial charge is 0.236 e. The highest BCUT2D eigenvalue weighted by Crippen LogP contribution is 2.29. The minimum Gasteiger partial charge on any atom is -0.354 e. The van der Waals surface area contributed by atoms with Gasteiger partial charge in [-0.2, -0.15) is 0 Å². The van der Waals surface area contributed by atoms with E-state index in [1.165, 1.54) is 19.3 Å². The van der Waals surface area contributed by atoms with Crippen molar-refractivity contribution >= 4 is 5.91 Å². The van der Waals surface area contributed by atoms with E-state index in [0.29, 0.717) is 12.3 Å². The minimum atomic E-state index is -0.325. The molecule has 82 valence electrons. The van der Waals surface area contributed by atoms with Crippen molar-refractivity contribution in [1.82, 2.24) is 5.32 Å². The zero-order valence-corrected chi connectivity index (χ0v) is 9.25. The van der Waals surface area contributed by atoms with Crippen molar-refractivity contribution in [2.75, 3.05) is 6.54 Å². The third-order valence-electron chi connectivity index (χ3n) is 3.14. The lowest BCUT2D eigenvalue weighted by molar-refractivity contribution is -0.122. The normalized spacial score (nSPS) is 28.8. The van der Waals surface area contributed by atoms with E-state index in [-0.39, 0.29) is 11.9 Å². The van der Waals surface area contributed by atoms with Crippen molar-refractivity contribution in [1.29, 1.82) is 0 Å². The summed E-state index contributed by atoms with van der Waals surface area (Å²) in [5, 5.41) is 2.93. The highest BCUT2D eigenvalue weighted by molar-refractivity contribution is 5.81. The Morgan fingerprint density at radius 2 is 2.29 bits per heavy atom. The van der Waals surface area contributed by atoms with Gasteiger partial charge in [0.1, 0.15) is 0 Å². The zero-order valence-electron chi connectivity index (χ0n) is 9.25. The van der Waals surface area contributed by atoms with E-state index in [9.17, 15) is 4.79 Å². The molecule has 1 amide bonds. The molecule has 0 aliphatic heterocycles. The molecular weight excluding hydrogens is 176 g/mol. The van der Waals surface area contributed by atoms with Gasteiger partial charge in [0, 0.05) is 6.54 Å². The van der Waals surface area contributed by atoms with Crippen molar-refractivity contribution in [2.45, 2.75) is 45.6 Å². The zero-order chi connectivity index (χ0) is 10.6. The number of nitrogens with one attached hydrogen (secondary N) is 1. The van der Waals surface area contributed by atoms with Gasteiger partial charge in [0.15, 0.2) is 0 Å². The van der Waals surface area contributed by atoms with E-state index < -0.39 is 0 Å². The Morgan fingerprint density at radius 3 is 2.79 bits per heavy atom. The summed E-state index contributed by atoms with van der Waals surface area (Å²) in [6.07, 6.45) is 4.53. The van der Waals surface area contributed by atoms with E-state index in [4.69, 9.17) is 5.73 Å². The second kappa shape index (κ2) is 5.35. The molecule has 14 heavy (non-hydrogen) atoms. The van der Waals surface area contributed by atoms with Crippen LogP contribution in [-0.2, 0) is 4.79 Å². The number of nitrogens with two attached hydrogens (primary N) is 1. The van der Waals surface area contributed by atoms with Crippen LogP contribution in [0.1, 0.15) is 39.5 Å². The number of carbonyl (C=O) groups is 1. The second-order valence-electron chi connectivity index (χ2n) is 4.54. The molecule has 0 aromatic rings. The van der Waals surface area contributed by atoms with Crippen LogP contribution in [0.2, 0.25) is 0 Å². The Morgan fingerprint density at radius 1 is 1.57 bits per heavy atom. The van der Waals surface area contributed by atoms with Gasteiger partial charge in [-0.05, 0) is 31.1 Å². The Labute approximate surface area is 86.4 Å². The Hall–Kier alpha value is -0.570. The molecule has 1 saturated carbocycles. The van der Waals surface area contributed by atoms with Gasteiger partial charge >= 0.3 is 0 Å². The molecule has 0 heterocycles. The molecule has 0 bridgehead atoms. The van der Waals surface area contributed by atoms with Crippen molar-refractivity contribution in [3.63, 3.8) is 0 Å². The number of hydrogen-bond donors (Lipinski definition) is 2. The van der Waals surface area contributed by atoms with Crippen LogP contribution in [0.25, 0.3) is 0 Å². The molecule has 2 unspecified atom stereocenters. The van der Waals surface area contributed by atoms with Crippen molar-refractivity contribution < 1.29 is 4.79 Å². The minimum absolute atomic E-state index is 0.00653. The summed E-state index contributed by atoms with van der Waals surface area (Å²) in [6.45, 7) is 5.03. The first-order chi connectivity index (χ1) is 6.63. The van der Waals surface area contributed by atoms with Gasteiger partial charge in [-0.15, -0.1) is 0 Å². The largest absolute Gasteiger partial charge is 0.354 e. The summed E-state index contributed by atoms with van der Waals surface area (Å²) in [4.78, 5) is 11.4. The summed E-state index contributed by atoms with van der Waals surface area (Å²) >= 11 is 0. The highest BCUT2D eigenvalue weighted by Gasteiger charge is 2.22. The first-order valence-electron chi connectivity index (χ1n) is 5.66. The maximum Gasteiger partial charge on any atom is 0.236 e. The van der Waals surface area contributed by atoms with Gasteiger partial charge in [-0.25, -0.2) is 0 Å². The lowest BCUT2D eigenvalue weighted by atomic mass is 10.1. The fourth-order valence-corrected chi connectivity index (χ4v) is 2.07. The monoisotopic (exact) mass is 198 g/mol. The molecular formula is C11H22N2O. The molecule has 0 spiro atoms. The van der Waals surface area contributed by atoms with Crippen molar-refractivity contribution in [3.8, 4) is 0 Å². The van der Waals surface area contributed by atoms with Gasteiger partial charge in [0.25, 0.3) is 0 Å². The third kappa shape index (κ3) is 3.29. The lowest BCUT2D eigenvalue weighted by Gasteiger charge is -2.13. The molecule has 3 heteroatoms. The molecule has 0 saturated heterocycles. The Balaban J connectivity index is 2.17. The lowest BCUT2D eigenvalue weighted by Crippen LogP contribution is -2.41. The molecule has 1 aliphatic rings. The average molecular weight is 198 g/mol. The predicted molar refractivity (Wildman–Crippen MR) is 57.8 cm³/mol. The molecule has 0 radical (unpaired) electrons. The average Bonchev–Trinajstić information content (AvgIpc) is 2.59. The van der Waals surface area contributed by atoms with E-state index in [2.05, 4.69) is 12.2 Å². The molecule has 1 rings (SSSR count). The van der Waals surface area contributed by atoms with Crippen LogP contribution in [0.15, 0.2) is 0 Å². The summed E-state index contributed by atoms with van der Waals surface area (Å²) in [5.74, 6) is 1.52. The van der Waals surface area contributed by atoms with Gasteiger partial charge in [0.05, 0.1) is 6.04 Å². The molecule has 1 fully saturated rings. The summed E-state index contributed by atoms with van der Waals surface area (Å²) in [6, 6.07) is -0.325. The van der Waals surface area contributed by atoms with Crippen LogP contribution < -0.4 is 11.1 Å². The summed E-state index contributed by atoms with van der Waals surface area (Å²) < 4.78 is 0. The van der Waals surface area contributed by atoms with Crippen molar-refractivity contribution in [2.24, 2.45) is 17.6 Å². The molecule has 3 N–H and O–H groups in total. The first kappa shape index (κ1) is 11.5. The summed E-state index contributed by atoms with van der Waals surface area (Å²) in [7, 11) is 0. The van der Waals surface area contributed by atoms with Crippen LogP contribution in [-0.4, -0.2) is 18.5 Å². The quantitative estimate of drug-likeness (QED) is 0.715. The number of carbonyl (C=O) groups excluding carboxylic acids is 1. The SMILES string of the molecule is CC[C@H](N)C(=O)NCC1CCC(C)C1. The predicted octanol–water partition coefficient (Wildman–Crippen LogP) is 1.28. The number of rotatable bonds is 4. The second-order valence-corrected chi connectivity index (χ2v) is 4.54.